The van der Waals surface area contributed by atoms with Crippen molar-refractivity contribution in [1.82, 2.24) is 10.5 Å². The first-order chi connectivity index (χ1) is 3.43. The lowest BCUT2D eigenvalue weighted by molar-refractivity contribution is 0.684. The molecule has 0 unspecified atom stereocenters. The zero-order chi connectivity index (χ0) is 5.11. The van der Waals surface area contributed by atoms with E-state index in [1.165, 1.54) is 0 Å². The van der Waals surface area contributed by atoms with E-state index in [9.17, 15) is 0 Å². The van der Waals surface area contributed by atoms with Gasteiger partial charge in [0.15, 0.2) is 7.98 Å². The highest BCUT2D eigenvalue weighted by Gasteiger charge is 2.09. The molecule has 0 aromatic rings. The zero-order valence-electron chi connectivity index (χ0n) is 4.28. The Kier molecular flexibility index (Phi) is 1.71. The molecule has 3 heteroatoms. The fourth-order valence-corrected chi connectivity index (χ4v) is 0.797. The van der Waals surface area contributed by atoms with E-state index in [4.69, 9.17) is 7.98 Å². The van der Waals surface area contributed by atoms with Gasteiger partial charge in [-0.1, -0.05) is 0 Å². The summed E-state index contributed by atoms with van der Waals surface area (Å²) in [5.74, 6) is 0. The molecular weight excluding hydrogens is 86.9 g/mol. The predicted octanol–water partition coefficient (Wildman–Crippen LogP) is -0.979. The summed E-state index contributed by atoms with van der Waals surface area (Å²) < 4.78 is 0. The van der Waals surface area contributed by atoms with Gasteiger partial charge in [0.25, 0.3) is 0 Å². The summed E-state index contributed by atoms with van der Waals surface area (Å²) in [5.41, 5.74) is 0. The molecule has 1 heterocycles. The van der Waals surface area contributed by atoms with Crippen LogP contribution in [0.4, 0.5) is 0 Å². The molecule has 38 valence electrons. The van der Waals surface area contributed by atoms with Crippen molar-refractivity contribution in [1.29, 1.82) is 0 Å². The SMILES string of the molecule is [B]N[C@@H]1CCNC1. The summed E-state index contributed by atoms with van der Waals surface area (Å²) in [5, 5.41) is 5.88. The van der Waals surface area contributed by atoms with Crippen molar-refractivity contribution in [3.8, 4) is 0 Å². The van der Waals surface area contributed by atoms with Gasteiger partial charge in [0.1, 0.15) is 0 Å². The lowest BCUT2D eigenvalue weighted by Crippen LogP contribution is -2.28. The fraction of sp³-hybridized carbons (Fsp3) is 1.00. The van der Waals surface area contributed by atoms with Crippen LogP contribution in [0, 0.1) is 0 Å². The van der Waals surface area contributed by atoms with E-state index in [2.05, 4.69) is 10.5 Å². The average Bonchev–Trinajstić information content (AvgIpc) is 2.14. The molecule has 1 fully saturated rings. The largest absolute Gasteiger partial charge is 0.363 e. The maximum absolute atomic E-state index is 5.14. The molecule has 0 bridgehead atoms. The van der Waals surface area contributed by atoms with Gasteiger partial charge in [0.05, 0.1) is 0 Å². The Morgan fingerprint density at radius 2 is 2.57 bits per heavy atom. The molecule has 0 spiro atoms. The number of rotatable bonds is 1. The Bertz CT molecular complexity index is 51.7. The third-order valence-corrected chi connectivity index (χ3v) is 1.30. The lowest BCUT2D eigenvalue weighted by atomic mass is 10.2. The Labute approximate surface area is 45.1 Å². The molecule has 2 nitrogen and oxygen atoms in total. The van der Waals surface area contributed by atoms with Crippen LogP contribution in [-0.4, -0.2) is 27.1 Å². The van der Waals surface area contributed by atoms with E-state index in [0.717, 1.165) is 19.5 Å². The number of nitrogens with one attached hydrogen (secondary N) is 2. The number of hydrogen-bond acceptors (Lipinski definition) is 2. The summed E-state index contributed by atoms with van der Waals surface area (Å²) in [6.45, 7) is 2.13. The second-order valence-corrected chi connectivity index (χ2v) is 1.86. The van der Waals surface area contributed by atoms with Gasteiger partial charge in [-0.2, -0.15) is 0 Å². The minimum Gasteiger partial charge on any atom is -0.363 e. The van der Waals surface area contributed by atoms with Crippen LogP contribution in [-0.2, 0) is 0 Å². The molecular formula is C4H9BN2. The third kappa shape index (κ3) is 1.18. The second-order valence-electron chi connectivity index (χ2n) is 1.86. The summed E-state index contributed by atoms with van der Waals surface area (Å²) in [6.07, 6.45) is 1.16. The van der Waals surface area contributed by atoms with Crippen molar-refractivity contribution in [2.45, 2.75) is 12.5 Å². The van der Waals surface area contributed by atoms with Crippen LogP contribution < -0.4 is 10.5 Å². The van der Waals surface area contributed by atoms with E-state index in [-0.39, 0.29) is 0 Å². The van der Waals surface area contributed by atoms with E-state index in [1.54, 1.807) is 0 Å². The topological polar surface area (TPSA) is 24.1 Å². The van der Waals surface area contributed by atoms with Crippen molar-refractivity contribution in [2.75, 3.05) is 13.1 Å². The van der Waals surface area contributed by atoms with Gasteiger partial charge < -0.3 is 10.5 Å². The van der Waals surface area contributed by atoms with E-state index in [1.807, 2.05) is 0 Å². The Balaban J connectivity index is 2.14. The zero-order valence-corrected chi connectivity index (χ0v) is 4.28. The van der Waals surface area contributed by atoms with Crippen molar-refractivity contribution in [3.05, 3.63) is 0 Å². The smallest absolute Gasteiger partial charge is 0.178 e. The van der Waals surface area contributed by atoms with Gasteiger partial charge in [-0.25, -0.2) is 0 Å². The predicted molar refractivity (Wildman–Crippen MR) is 30.2 cm³/mol. The van der Waals surface area contributed by atoms with Crippen LogP contribution in [0.1, 0.15) is 6.42 Å². The third-order valence-electron chi connectivity index (χ3n) is 1.30. The highest BCUT2D eigenvalue weighted by Crippen LogP contribution is 1.93. The Morgan fingerprint density at radius 1 is 1.71 bits per heavy atom. The molecule has 2 radical (unpaired) electrons. The second kappa shape index (κ2) is 2.33. The molecule has 2 N–H and O–H groups in total. The van der Waals surface area contributed by atoms with Gasteiger partial charge >= 0.3 is 0 Å². The first-order valence-corrected chi connectivity index (χ1v) is 2.60. The number of hydrogen-bond donors (Lipinski definition) is 2. The van der Waals surface area contributed by atoms with Crippen LogP contribution in [0.25, 0.3) is 0 Å². The van der Waals surface area contributed by atoms with Crippen molar-refractivity contribution < 1.29 is 0 Å². The molecule has 0 saturated carbocycles. The van der Waals surface area contributed by atoms with Gasteiger partial charge in [0, 0.05) is 12.6 Å². The summed E-state index contributed by atoms with van der Waals surface area (Å²) in [6, 6.07) is 0.514. The fourth-order valence-electron chi connectivity index (χ4n) is 0.797. The minimum atomic E-state index is 0.514. The maximum atomic E-state index is 5.14. The van der Waals surface area contributed by atoms with Crippen molar-refractivity contribution in [2.24, 2.45) is 0 Å². The highest BCUT2D eigenvalue weighted by molar-refractivity contribution is 6.04. The quantitative estimate of drug-likeness (QED) is 0.410. The van der Waals surface area contributed by atoms with Gasteiger partial charge in [-0.3, -0.25) is 0 Å². The van der Waals surface area contributed by atoms with Crippen molar-refractivity contribution >= 4 is 7.98 Å². The van der Waals surface area contributed by atoms with Crippen LogP contribution in [0.3, 0.4) is 0 Å². The molecule has 0 aromatic carbocycles. The molecule has 7 heavy (non-hydrogen) atoms. The molecule has 1 rings (SSSR count). The van der Waals surface area contributed by atoms with Gasteiger partial charge in [-0.05, 0) is 13.0 Å². The van der Waals surface area contributed by atoms with Crippen LogP contribution in [0.2, 0.25) is 0 Å². The Morgan fingerprint density at radius 3 is 2.86 bits per heavy atom. The first kappa shape index (κ1) is 5.13. The molecule has 0 amide bonds. The Hall–Kier alpha value is -0.0151. The van der Waals surface area contributed by atoms with Gasteiger partial charge in [0.2, 0.25) is 0 Å². The molecule has 0 aromatic heterocycles. The molecule has 1 atom stereocenters. The van der Waals surface area contributed by atoms with E-state index >= 15 is 0 Å². The highest BCUT2D eigenvalue weighted by atomic mass is 15.0. The monoisotopic (exact) mass is 96.1 g/mol. The van der Waals surface area contributed by atoms with Crippen molar-refractivity contribution in [3.63, 3.8) is 0 Å². The first-order valence-electron chi connectivity index (χ1n) is 2.60. The van der Waals surface area contributed by atoms with E-state index < -0.39 is 0 Å². The molecule has 1 aliphatic heterocycles. The van der Waals surface area contributed by atoms with Crippen LogP contribution >= 0.6 is 0 Å². The van der Waals surface area contributed by atoms with Crippen LogP contribution in [0.5, 0.6) is 0 Å². The standard InChI is InChI=1S/C4H9BN2/c5-7-4-1-2-6-3-4/h4,6-7H,1-3H2/t4-/m1/s1. The normalized spacial score (nSPS) is 31.1. The summed E-state index contributed by atoms with van der Waals surface area (Å²) in [4.78, 5) is 0. The molecule has 0 aliphatic carbocycles. The molecule has 1 aliphatic rings. The van der Waals surface area contributed by atoms with Crippen LogP contribution in [0.15, 0.2) is 0 Å². The average molecular weight is 95.9 g/mol. The summed E-state index contributed by atoms with van der Waals surface area (Å²) in [7, 11) is 5.14. The minimum absolute atomic E-state index is 0.514. The lowest BCUT2D eigenvalue weighted by Gasteiger charge is -2.02. The molecule has 1 saturated heterocycles. The van der Waals surface area contributed by atoms with Gasteiger partial charge in [-0.15, -0.1) is 0 Å². The van der Waals surface area contributed by atoms with E-state index in [0.29, 0.717) is 6.04 Å². The summed E-state index contributed by atoms with van der Waals surface area (Å²) >= 11 is 0. The maximum Gasteiger partial charge on any atom is 0.178 e.